The van der Waals surface area contributed by atoms with E-state index in [9.17, 15) is 0 Å². The van der Waals surface area contributed by atoms with Gasteiger partial charge in [-0.15, -0.1) is 0 Å². The van der Waals surface area contributed by atoms with Crippen molar-refractivity contribution in [1.82, 2.24) is 10.3 Å². The van der Waals surface area contributed by atoms with Crippen LogP contribution in [0.25, 0.3) is 11.1 Å². The number of pyridine rings is 1. The lowest BCUT2D eigenvalue weighted by Gasteiger charge is -2.43. The standard InChI is InChI=1S/C23H30N2O2/c1-17(2)18-3-5-19(6-4-18)20-7-11-25-21(15-20)16-22-8-14-26-23(27-22)9-12-24-13-10-23/h3-7,11,15,17,22,24H,8-10,12-14,16H2,1-2H3. The minimum atomic E-state index is -0.377. The molecule has 2 fully saturated rings. The molecule has 0 aliphatic carbocycles. The second-order valence-corrected chi connectivity index (χ2v) is 8.05. The van der Waals surface area contributed by atoms with Gasteiger partial charge in [0.1, 0.15) is 0 Å². The monoisotopic (exact) mass is 366 g/mol. The van der Waals surface area contributed by atoms with E-state index in [2.05, 4.69) is 60.5 Å². The van der Waals surface area contributed by atoms with Gasteiger partial charge in [-0.3, -0.25) is 4.98 Å². The highest BCUT2D eigenvalue weighted by Gasteiger charge is 2.39. The van der Waals surface area contributed by atoms with Crippen LogP contribution in [-0.2, 0) is 15.9 Å². The van der Waals surface area contributed by atoms with Crippen molar-refractivity contribution in [1.29, 1.82) is 0 Å². The van der Waals surface area contributed by atoms with Crippen LogP contribution in [0, 0.1) is 0 Å². The Bertz CT molecular complexity index is 746. The molecule has 1 aromatic carbocycles. The van der Waals surface area contributed by atoms with E-state index in [0.717, 1.165) is 51.1 Å². The van der Waals surface area contributed by atoms with Crippen LogP contribution in [0.5, 0.6) is 0 Å². The smallest absolute Gasteiger partial charge is 0.171 e. The molecule has 1 spiro atoms. The Labute approximate surface area is 162 Å². The number of nitrogens with zero attached hydrogens (tertiary/aromatic N) is 1. The molecule has 0 saturated carbocycles. The summed E-state index contributed by atoms with van der Waals surface area (Å²) in [4.78, 5) is 4.61. The van der Waals surface area contributed by atoms with E-state index in [1.54, 1.807) is 0 Å². The third kappa shape index (κ3) is 4.40. The van der Waals surface area contributed by atoms with Crippen LogP contribution < -0.4 is 5.32 Å². The molecule has 2 saturated heterocycles. The summed E-state index contributed by atoms with van der Waals surface area (Å²) in [5.41, 5.74) is 4.93. The first-order chi connectivity index (χ1) is 13.1. The Morgan fingerprint density at radius 2 is 1.89 bits per heavy atom. The van der Waals surface area contributed by atoms with Crippen LogP contribution in [0.3, 0.4) is 0 Å². The van der Waals surface area contributed by atoms with E-state index < -0.39 is 0 Å². The van der Waals surface area contributed by atoms with Crippen LogP contribution in [0.2, 0.25) is 0 Å². The summed E-state index contributed by atoms with van der Waals surface area (Å²) < 4.78 is 12.4. The van der Waals surface area contributed by atoms with E-state index in [-0.39, 0.29) is 11.9 Å². The van der Waals surface area contributed by atoms with Gasteiger partial charge < -0.3 is 14.8 Å². The fraction of sp³-hybridized carbons (Fsp3) is 0.522. The van der Waals surface area contributed by atoms with Crippen molar-refractivity contribution in [2.75, 3.05) is 19.7 Å². The Morgan fingerprint density at radius 3 is 2.63 bits per heavy atom. The highest BCUT2D eigenvalue weighted by molar-refractivity contribution is 5.63. The summed E-state index contributed by atoms with van der Waals surface area (Å²) in [6.07, 6.45) is 5.74. The molecule has 1 unspecified atom stereocenters. The highest BCUT2D eigenvalue weighted by Crippen LogP contribution is 2.32. The average molecular weight is 367 g/mol. The lowest BCUT2D eigenvalue weighted by atomic mass is 9.98. The number of ether oxygens (including phenoxy) is 2. The number of piperidine rings is 1. The number of nitrogens with one attached hydrogen (secondary N) is 1. The highest BCUT2D eigenvalue weighted by atomic mass is 16.7. The molecule has 144 valence electrons. The van der Waals surface area contributed by atoms with E-state index in [0.29, 0.717) is 5.92 Å². The molecular formula is C23H30N2O2. The van der Waals surface area contributed by atoms with Gasteiger partial charge in [-0.05, 0) is 41.2 Å². The van der Waals surface area contributed by atoms with E-state index in [1.807, 2.05) is 6.20 Å². The van der Waals surface area contributed by atoms with Crippen LogP contribution in [-0.4, -0.2) is 36.6 Å². The maximum Gasteiger partial charge on any atom is 0.171 e. The van der Waals surface area contributed by atoms with Crippen LogP contribution in [0.4, 0.5) is 0 Å². The number of aromatic nitrogens is 1. The van der Waals surface area contributed by atoms with Gasteiger partial charge in [0, 0.05) is 44.2 Å². The molecule has 0 radical (unpaired) electrons. The van der Waals surface area contributed by atoms with Crippen LogP contribution in [0.15, 0.2) is 42.6 Å². The Morgan fingerprint density at radius 1 is 1.11 bits per heavy atom. The minimum absolute atomic E-state index is 0.183. The minimum Gasteiger partial charge on any atom is -0.350 e. The molecule has 27 heavy (non-hydrogen) atoms. The van der Waals surface area contributed by atoms with Crippen molar-refractivity contribution in [2.24, 2.45) is 0 Å². The third-order valence-corrected chi connectivity index (χ3v) is 5.72. The number of benzene rings is 1. The number of rotatable bonds is 4. The first kappa shape index (κ1) is 18.6. The fourth-order valence-corrected chi connectivity index (χ4v) is 4.05. The summed E-state index contributed by atoms with van der Waals surface area (Å²) in [6.45, 7) is 7.16. The summed E-state index contributed by atoms with van der Waals surface area (Å²) in [5.74, 6) is 0.179. The SMILES string of the molecule is CC(C)c1ccc(-c2ccnc(CC3CCOC4(CCNCC4)O3)c2)cc1. The molecule has 0 amide bonds. The average Bonchev–Trinajstić information content (AvgIpc) is 2.69. The second-order valence-electron chi connectivity index (χ2n) is 8.05. The zero-order valence-corrected chi connectivity index (χ0v) is 16.4. The first-order valence-electron chi connectivity index (χ1n) is 10.2. The zero-order chi connectivity index (χ0) is 18.7. The molecule has 2 aliphatic rings. The Kier molecular flexibility index (Phi) is 5.58. The fourth-order valence-electron chi connectivity index (χ4n) is 4.05. The van der Waals surface area contributed by atoms with E-state index >= 15 is 0 Å². The predicted octanol–water partition coefficient (Wildman–Crippen LogP) is 4.30. The van der Waals surface area contributed by atoms with Gasteiger partial charge in [0.15, 0.2) is 5.79 Å². The number of hydrogen-bond acceptors (Lipinski definition) is 4. The molecule has 2 aromatic rings. The summed E-state index contributed by atoms with van der Waals surface area (Å²) in [6, 6.07) is 13.2. The van der Waals surface area contributed by atoms with Gasteiger partial charge in [-0.25, -0.2) is 0 Å². The molecule has 1 N–H and O–H groups in total. The topological polar surface area (TPSA) is 43.4 Å². The maximum atomic E-state index is 6.40. The van der Waals surface area contributed by atoms with Gasteiger partial charge in [0.2, 0.25) is 0 Å². The van der Waals surface area contributed by atoms with E-state index in [4.69, 9.17) is 9.47 Å². The van der Waals surface area contributed by atoms with Crippen molar-refractivity contribution in [2.45, 2.75) is 57.3 Å². The molecule has 4 rings (SSSR count). The van der Waals surface area contributed by atoms with Crippen molar-refractivity contribution in [3.63, 3.8) is 0 Å². The number of hydrogen-bond donors (Lipinski definition) is 1. The Hall–Kier alpha value is -1.75. The molecule has 2 aliphatic heterocycles. The van der Waals surface area contributed by atoms with Crippen molar-refractivity contribution in [3.8, 4) is 11.1 Å². The zero-order valence-electron chi connectivity index (χ0n) is 16.4. The molecular weight excluding hydrogens is 336 g/mol. The lowest BCUT2D eigenvalue weighted by Crippen LogP contribution is -2.51. The summed E-state index contributed by atoms with van der Waals surface area (Å²) in [7, 11) is 0. The van der Waals surface area contributed by atoms with Crippen molar-refractivity contribution >= 4 is 0 Å². The molecule has 1 aromatic heterocycles. The van der Waals surface area contributed by atoms with Crippen molar-refractivity contribution < 1.29 is 9.47 Å². The lowest BCUT2D eigenvalue weighted by molar-refractivity contribution is -0.302. The summed E-state index contributed by atoms with van der Waals surface area (Å²) >= 11 is 0. The first-order valence-corrected chi connectivity index (χ1v) is 10.2. The van der Waals surface area contributed by atoms with Gasteiger partial charge in [0.05, 0.1) is 12.7 Å². The van der Waals surface area contributed by atoms with E-state index in [1.165, 1.54) is 16.7 Å². The van der Waals surface area contributed by atoms with Crippen molar-refractivity contribution in [3.05, 3.63) is 53.9 Å². The van der Waals surface area contributed by atoms with Crippen LogP contribution in [0.1, 0.15) is 50.3 Å². The van der Waals surface area contributed by atoms with Gasteiger partial charge in [0.25, 0.3) is 0 Å². The molecule has 4 heteroatoms. The molecule has 1 atom stereocenters. The quantitative estimate of drug-likeness (QED) is 0.876. The predicted molar refractivity (Wildman–Crippen MR) is 108 cm³/mol. The van der Waals surface area contributed by atoms with Gasteiger partial charge in [-0.1, -0.05) is 38.1 Å². The summed E-state index contributed by atoms with van der Waals surface area (Å²) in [5, 5.41) is 3.38. The normalized spacial score (nSPS) is 22.3. The van der Waals surface area contributed by atoms with Crippen LogP contribution >= 0.6 is 0 Å². The molecule has 3 heterocycles. The van der Waals surface area contributed by atoms with Gasteiger partial charge in [-0.2, -0.15) is 0 Å². The molecule has 0 bridgehead atoms. The third-order valence-electron chi connectivity index (χ3n) is 5.72. The molecule has 4 nitrogen and oxygen atoms in total. The maximum absolute atomic E-state index is 6.40. The largest absolute Gasteiger partial charge is 0.350 e. The Balaban J connectivity index is 1.46. The second kappa shape index (κ2) is 8.09. The van der Waals surface area contributed by atoms with Gasteiger partial charge >= 0.3 is 0 Å².